The molecule has 5 nitrogen and oxygen atoms in total. The van der Waals surface area contributed by atoms with Gasteiger partial charge in [0.2, 0.25) is 5.91 Å². The highest BCUT2D eigenvalue weighted by Crippen LogP contribution is 2.38. The van der Waals surface area contributed by atoms with Crippen molar-refractivity contribution in [1.29, 1.82) is 0 Å². The molecule has 2 fully saturated rings. The van der Waals surface area contributed by atoms with Crippen LogP contribution in [0, 0.1) is 5.92 Å². The molecular formula is C21H30N2O3. The van der Waals surface area contributed by atoms with Crippen LogP contribution in [0.15, 0.2) is 18.2 Å². The Morgan fingerprint density at radius 1 is 1.27 bits per heavy atom. The Balaban J connectivity index is 1.37. The highest BCUT2D eigenvalue weighted by Gasteiger charge is 2.46. The summed E-state index contributed by atoms with van der Waals surface area (Å²) in [6.07, 6.45) is 7.77. The minimum Gasteiger partial charge on any atom is -0.497 e. The van der Waals surface area contributed by atoms with E-state index in [4.69, 9.17) is 9.47 Å². The number of carbonyl (C=O) groups is 1. The van der Waals surface area contributed by atoms with Gasteiger partial charge in [0.25, 0.3) is 0 Å². The zero-order chi connectivity index (χ0) is 18.0. The van der Waals surface area contributed by atoms with Crippen LogP contribution in [0.25, 0.3) is 0 Å². The van der Waals surface area contributed by atoms with E-state index in [1.165, 1.54) is 31.2 Å². The van der Waals surface area contributed by atoms with Crippen molar-refractivity contribution < 1.29 is 14.3 Å². The van der Waals surface area contributed by atoms with Gasteiger partial charge in [-0.05, 0) is 56.8 Å². The molecule has 0 bridgehead atoms. The van der Waals surface area contributed by atoms with Crippen LogP contribution in [0.5, 0.6) is 11.5 Å². The number of ether oxygens (including phenoxy) is 2. The number of carbonyl (C=O) groups excluding carboxylic acids is 1. The number of nitrogens with one attached hydrogen (secondary N) is 1. The van der Waals surface area contributed by atoms with Gasteiger partial charge in [0.05, 0.1) is 13.7 Å². The lowest BCUT2D eigenvalue weighted by atomic mass is 9.92. The average molecular weight is 358 g/mol. The predicted molar refractivity (Wildman–Crippen MR) is 101 cm³/mol. The van der Waals surface area contributed by atoms with Crippen molar-refractivity contribution >= 4 is 5.91 Å². The molecule has 5 heteroatoms. The third-order valence-corrected chi connectivity index (χ3v) is 6.37. The zero-order valence-corrected chi connectivity index (χ0v) is 15.8. The maximum absolute atomic E-state index is 13.1. The third-order valence-electron chi connectivity index (χ3n) is 6.37. The summed E-state index contributed by atoms with van der Waals surface area (Å²) in [4.78, 5) is 15.6. The van der Waals surface area contributed by atoms with Crippen molar-refractivity contribution in [3.05, 3.63) is 23.8 Å². The number of likely N-dealkylation sites (tertiary alicyclic amines) is 1. The van der Waals surface area contributed by atoms with E-state index in [0.29, 0.717) is 19.1 Å². The topological polar surface area (TPSA) is 50.8 Å². The van der Waals surface area contributed by atoms with E-state index in [9.17, 15) is 4.79 Å². The van der Waals surface area contributed by atoms with Crippen molar-refractivity contribution in [2.24, 2.45) is 5.92 Å². The molecular weight excluding hydrogens is 328 g/mol. The van der Waals surface area contributed by atoms with Gasteiger partial charge >= 0.3 is 0 Å². The van der Waals surface area contributed by atoms with Gasteiger partial charge in [-0.2, -0.15) is 0 Å². The fourth-order valence-corrected chi connectivity index (χ4v) is 4.87. The van der Waals surface area contributed by atoms with E-state index in [1.54, 1.807) is 7.11 Å². The minimum absolute atomic E-state index is 0.239. The molecule has 0 aromatic heterocycles. The summed E-state index contributed by atoms with van der Waals surface area (Å²) < 4.78 is 11.2. The number of hydrogen-bond acceptors (Lipinski definition) is 4. The molecule has 1 saturated carbocycles. The van der Waals surface area contributed by atoms with Crippen LogP contribution < -0.4 is 14.8 Å². The van der Waals surface area contributed by atoms with Crippen LogP contribution in [-0.4, -0.2) is 49.7 Å². The maximum atomic E-state index is 13.1. The molecule has 1 atom stereocenters. The van der Waals surface area contributed by atoms with E-state index < -0.39 is 0 Å². The smallest absolute Gasteiger partial charge is 0.240 e. The first-order valence-corrected chi connectivity index (χ1v) is 10.0. The van der Waals surface area contributed by atoms with Crippen molar-refractivity contribution in [3.8, 4) is 11.5 Å². The first-order valence-electron chi connectivity index (χ1n) is 10.0. The molecule has 4 rings (SSSR count). The van der Waals surface area contributed by atoms with Crippen LogP contribution in [-0.2, 0) is 11.2 Å². The van der Waals surface area contributed by atoms with Crippen molar-refractivity contribution in [1.82, 2.24) is 10.2 Å². The van der Waals surface area contributed by atoms with Gasteiger partial charge in [-0.1, -0.05) is 18.9 Å². The molecule has 1 aromatic rings. The SMILES string of the molecule is COc1ccc2c(c1)OCC(CNC(=O)C1(N3CCCC3)CCCC1)C2. The fraction of sp³-hybridized carbons (Fsp3) is 0.667. The summed E-state index contributed by atoms with van der Waals surface area (Å²) in [6.45, 7) is 3.50. The molecule has 0 spiro atoms. The molecule has 1 aliphatic carbocycles. The molecule has 2 aliphatic heterocycles. The second-order valence-electron chi connectivity index (χ2n) is 8.00. The van der Waals surface area contributed by atoms with Gasteiger partial charge in [0, 0.05) is 18.5 Å². The number of benzene rings is 1. The summed E-state index contributed by atoms with van der Waals surface area (Å²) in [5.41, 5.74) is 0.962. The Hall–Kier alpha value is -1.75. The predicted octanol–water partition coefficient (Wildman–Crippen LogP) is 2.77. The minimum atomic E-state index is -0.239. The maximum Gasteiger partial charge on any atom is 0.240 e. The van der Waals surface area contributed by atoms with Crippen LogP contribution in [0.3, 0.4) is 0 Å². The summed E-state index contributed by atoms with van der Waals surface area (Å²) >= 11 is 0. The summed E-state index contributed by atoms with van der Waals surface area (Å²) in [7, 11) is 1.67. The molecule has 1 N–H and O–H groups in total. The normalized spacial score (nSPS) is 24.7. The van der Waals surface area contributed by atoms with Crippen molar-refractivity contribution in [3.63, 3.8) is 0 Å². The van der Waals surface area contributed by atoms with Crippen LogP contribution in [0.2, 0.25) is 0 Å². The lowest BCUT2D eigenvalue weighted by molar-refractivity contribution is -0.133. The standard InChI is InChI=1S/C21H30N2O3/c1-25-18-7-6-17-12-16(15-26-19(17)13-18)14-22-20(24)21(8-2-3-9-21)23-10-4-5-11-23/h6-7,13,16H,2-5,8-12,14-15H2,1H3,(H,22,24). The number of rotatable bonds is 5. The molecule has 0 radical (unpaired) electrons. The zero-order valence-electron chi connectivity index (χ0n) is 15.8. The van der Waals surface area contributed by atoms with E-state index in [-0.39, 0.29) is 11.4 Å². The molecule has 1 unspecified atom stereocenters. The Kier molecular flexibility index (Phi) is 5.07. The number of amides is 1. The summed E-state index contributed by atoms with van der Waals surface area (Å²) in [6, 6.07) is 6.00. The van der Waals surface area contributed by atoms with E-state index >= 15 is 0 Å². The Bertz CT molecular complexity index is 649. The van der Waals surface area contributed by atoms with Gasteiger partial charge in [0.1, 0.15) is 17.0 Å². The average Bonchev–Trinajstić information content (AvgIpc) is 3.37. The van der Waals surface area contributed by atoms with Gasteiger partial charge in [-0.25, -0.2) is 0 Å². The Morgan fingerprint density at radius 3 is 2.77 bits per heavy atom. The second kappa shape index (κ2) is 7.47. The Morgan fingerprint density at radius 2 is 2.04 bits per heavy atom. The number of nitrogens with zero attached hydrogens (tertiary/aromatic N) is 1. The number of fused-ring (bicyclic) bond motifs is 1. The first-order chi connectivity index (χ1) is 12.7. The van der Waals surface area contributed by atoms with Crippen molar-refractivity contribution in [2.45, 2.75) is 50.5 Å². The lowest BCUT2D eigenvalue weighted by Gasteiger charge is -2.37. The summed E-state index contributed by atoms with van der Waals surface area (Å²) in [5.74, 6) is 2.31. The molecule has 142 valence electrons. The monoisotopic (exact) mass is 358 g/mol. The Labute approximate surface area is 156 Å². The molecule has 3 aliphatic rings. The quantitative estimate of drug-likeness (QED) is 0.879. The van der Waals surface area contributed by atoms with E-state index in [0.717, 1.165) is 43.9 Å². The van der Waals surface area contributed by atoms with Crippen LogP contribution in [0.1, 0.15) is 44.1 Å². The fourth-order valence-electron chi connectivity index (χ4n) is 4.87. The number of methoxy groups -OCH3 is 1. The largest absolute Gasteiger partial charge is 0.497 e. The van der Waals surface area contributed by atoms with E-state index in [2.05, 4.69) is 16.3 Å². The molecule has 1 amide bonds. The van der Waals surface area contributed by atoms with Gasteiger partial charge in [-0.3, -0.25) is 9.69 Å². The van der Waals surface area contributed by atoms with Crippen molar-refractivity contribution in [2.75, 3.05) is 33.4 Å². The molecule has 1 aromatic carbocycles. The second-order valence-corrected chi connectivity index (χ2v) is 8.00. The molecule has 2 heterocycles. The highest BCUT2D eigenvalue weighted by molar-refractivity contribution is 5.86. The van der Waals surface area contributed by atoms with Crippen LogP contribution in [0.4, 0.5) is 0 Å². The van der Waals surface area contributed by atoms with Crippen LogP contribution >= 0.6 is 0 Å². The third kappa shape index (κ3) is 3.29. The van der Waals surface area contributed by atoms with Gasteiger partial charge in [0.15, 0.2) is 0 Å². The molecule has 1 saturated heterocycles. The lowest BCUT2D eigenvalue weighted by Crippen LogP contribution is -2.57. The summed E-state index contributed by atoms with van der Waals surface area (Å²) in [5, 5.41) is 3.28. The van der Waals surface area contributed by atoms with E-state index in [1.807, 2.05) is 12.1 Å². The highest BCUT2D eigenvalue weighted by atomic mass is 16.5. The first kappa shape index (κ1) is 17.7. The number of hydrogen-bond donors (Lipinski definition) is 1. The molecule has 26 heavy (non-hydrogen) atoms. The van der Waals surface area contributed by atoms with Gasteiger partial charge in [-0.15, -0.1) is 0 Å². The van der Waals surface area contributed by atoms with Gasteiger partial charge < -0.3 is 14.8 Å².